The Morgan fingerprint density at radius 2 is 1.77 bits per heavy atom. The van der Waals surface area contributed by atoms with E-state index in [1.807, 2.05) is 31.2 Å². The first-order valence-corrected chi connectivity index (χ1v) is 14.4. The highest BCUT2D eigenvalue weighted by atomic mass is 28.3. The van der Waals surface area contributed by atoms with Crippen molar-refractivity contribution in [1.29, 1.82) is 0 Å². The van der Waals surface area contributed by atoms with Crippen LogP contribution in [-0.2, 0) is 25.6 Å². The Kier molecular flexibility index (Phi) is 7.67. The Balaban J connectivity index is 2.54. The number of carbonyl (C=O) groups excluding carboxylic acids is 1. The van der Waals surface area contributed by atoms with Gasteiger partial charge in [0.05, 0.1) is 33.5 Å². The number of esters is 1. The van der Waals surface area contributed by atoms with Gasteiger partial charge in [-0.25, -0.2) is 4.79 Å². The van der Waals surface area contributed by atoms with Crippen molar-refractivity contribution < 1.29 is 19.0 Å². The van der Waals surface area contributed by atoms with Gasteiger partial charge in [-0.15, -0.1) is 0 Å². The molecule has 31 heavy (non-hydrogen) atoms. The van der Waals surface area contributed by atoms with Crippen molar-refractivity contribution in [2.24, 2.45) is 0 Å². The van der Waals surface area contributed by atoms with Crippen molar-refractivity contribution in [3.05, 3.63) is 47.5 Å². The molecule has 4 atom stereocenters. The second kappa shape index (κ2) is 9.20. The van der Waals surface area contributed by atoms with Crippen LogP contribution in [0.2, 0.25) is 23.2 Å². The van der Waals surface area contributed by atoms with Crippen LogP contribution in [0.3, 0.4) is 0 Å². The fourth-order valence-electron chi connectivity index (χ4n) is 4.95. The molecule has 0 amide bonds. The Labute approximate surface area is 190 Å². The van der Waals surface area contributed by atoms with Crippen LogP contribution < -0.4 is 0 Å². The van der Waals surface area contributed by atoms with Gasteiger partial charge < -0.3 is 14.2 Å². The Bertz CT molecular complexity index is 795. The molecule has 1 heterocycles. The lowest BCUT2D eigenvalue weighted by Crippen LogP contribution is -2.58. The summed E-state index contributed by atoms with van der Waals surface area (Å²) >= 11 is 0. The van der Waals surface area contributed by atoms with Crippen LogP contribution in [0.15, 0.2) is 42.0 Å². The number of ether oxygens (including phenoxy) is 3. The molecule has 0 saturated carbocycles. The summed E-state index contributed by atoms with van der Waals surface area (Å²) in [6.07, 6.45) is 1.72. The molecule has 0 N–H and O–H groups in total. The minimum atomic E-state index is -1.94. The predicted octanol–water partition coefficient (Wildman–Crippen LogP) is 6.53. The van der Waals surface area contributed by atoms with Crippen LogP contribution in [0.5, 0.6) is 0 Å². The highest BCUT2D eigenvalue weighted by Crippen LogP contribution is 2.63. The van der Waals surface area contributed by atoms with E-state index in [-0.39, 0.29) is 28.3 Å². The summed E-state index contributed by atoms with van der Waals surface area (Å²) in [7, 11) is -1.94. The molecule has 2 rings (SSSR count). The molecule has 0 aromatic heterocycles. The molecule has 5 heteroatoms. The maximum absolute atomic E-state index is 12.4. The van der Waals surface area contributed by atoms with E-state index in [2.05, 4.69) is 66.8 Å². The van der Waals surface area contributed by atoms with Crippen molar-refractivity contribution >= 4 is 14.0 Å². The second-order valence-corrected chi connectivity index (χ2v) is 16.7. The summed E-state index contributed by atoms with van der Waals surface area (Å²) in [6.45, 7) is 22.9. The third-order valence-corrected chi connectivity index (χ3v) is 15.0. The first-order valence-electron chi connectivity index (χ1n) is 11.4. The van der Waals surface area contributed by atoms with Crippen LogP contribution in [0, 0.1) is 0 Å². The lowest BCUT2D eigenvalue weighted by Gasteiger charge is -2.53. The fraction of sp³-hybridized carbons (Fsp3) is 0.654. The third kappa shape index (κ3) is 4.84. The molecular formula is C26H42O4Si. The van der Waals surface area contributed by atoms with Crippen LogP contribution in [0.1, 0.15) is 61.0 Å². The number of benzene rings is 1. The molecule has 1 fully saturated rings. The molecule has 1 saturated heterocycles. The van der Waals surface area contributed by atoms with Crippen LogP contribution in [0.4, 0.5) is 0 Å². The van der Waals surface area contributed by atoms with E-state index in [1.165, 1.54) is 0 Å². The molecule has 1 aliphatic heterocycles. The molecule has 0 unspecified atom stereocenters. The number of hydrogen-bond donors (Lipinski definition) is 0. The van der Waals surface area contributed by atoms with E-state index in [1.54, 1.807) is 6.92 Å². The lowest BCUT2D eigenvalue weighted by atomic mass is 9.88. The molecular weight excluding hydrogens is 404 g/mol. The predicted molar refractivity (Wildman–Crippen MR) is 130 cm³/mol. The van der Waals surface area contributed by atoms with E-state index in [9.17, 15) is 4.79 Å². The summed E-state index contributed by atoms with van der Waals surface area (Å²) in [5.74, 6) is -0.303. The average molecular weight is 447 g/mol. The first-order chi connectivity index (χ1) is 14.2. The van der Waals surface area contributed by atoms with E-state index in [4.69, 9.17) is 14.2 Å². The zero-order chi connectivity index (χ0) is 23.7. The smallest absolute Gasteiger partial charge is 0.333 e. The molecule has 0 aliphatic carbocycles. The van der Waals surface area contributed by atoms with Gasteiger partial charge in [0.1, 0.15) is 5.60 Å². The van der Waals surface area contributed by atoms with E-state index < -0.39 is 13.7 Å². The van der Waals surface area contributed by atoms with Gasteiger partial charge in [0.15, 0.2) is 0 Å². The Hall–Kier alpha value is -1.43. The van der Waals surface area contributed by atoms with Gasteiger partial charge in [0.2, 0.25) is 0 Å². The van der Waals surface area contributed by atoms with Crippen LogP contribution in [0.25, 0.3) is 0 Å². The molecule has 0 bridgehead atoms. The van der Waals surface area contributed by atoms with Gasteiger partial charge >= 0.3 is 5.97 Å². The van der Waals surface area contributed by atoms with Gasteiger partial charge in [0.25, 0.3) is 0 Å². The minimum Gasteiger partial charge on any atom is -0.463 e. The summed E-state index contributed by atoms with van der Waals surface area (Å²) < 4.78 is 18.6. The molecule has 174 valence electrons. The zero-order valence-corrected chi connectivity index (χ0v) is 22.2. The van der Waals surface area contributed by atoms with Crippen molar-refractivity contribution in [3.8, 4) is 0 Å². The standard InChI is InChI=1S/C26H42O4Si/c1-11-28-22(27)19(2)17-25(7)23(29-18-21-15-13-12-14-16-21)26(8,20(3)30-25)31(9,10)24(4,5)6/h12-17,20,23H,11,18H2,1-10H3/b19-17+/t20-,23-,25+,26-/m1/s1. The van der Waals surface area contributed by atoms with Gasteiger partial charge in [0, 0.05) is 10.6 Å². The normalized spacial score (nSPS) is 29.8. The van der Waals surface area contributed by atoms with Gasteiger partial charge in [-0.05, 0) is 44.4 Å². The van der Waals surface area contributed by atoms with E-state index in [0.717, 1.165) is 5.56 Å². The summed E-state index contributed by atoms with van der Waals surface area (Å²) in [5.41, 5.74) is 0.965. The van der Waals surface area contributed by atoms with Crippen LogP contribution >= 0.6 is 0 Å². The maximum atomic E-state index is 12.4. The highest BCUT2D eigenvalue weighted by Gasteiger charge is 2.66. The van der Waals surface area contributed by atoms with Gasteiger partial charge in [-0.2, -0.15) is 0 Å². The molecule has 0 radical (unpaired) electrons. The second-order valence-electron chi connectivity index (χ2n) is 10.8. The lowest BCUT2D eigenvalue weighted by molar-refractivity contribution is -0.138. The van der Waals surface area contributed by atoms with Crippen molar-refractivity contribution in [3.63, 3.8) is 0 Å². The monoisotopic (exact) mass is 446 g/mol. The summed E-state index contributed by atoms with van der Waals surface area (Å²) in [4.78, 5) is 12.4. The van der Waals surface area contributed by atoms with Crippen molar-refractivity contribution in [1.82, 2.24) is 0 Å². The van der Waals surface area contributed by atoms with Crippen molar-refractivity contribution in [2.45, 2.75) is 103 Å². The maximum Gasteiger partial charge on any atom is 0.333 e. The zero-order valence-electron chi connectivity index (χ0n) is 21.2. The van der Waals surface area contributed by atoms with Crippen LogP contribution in [-0.4, -0.2) is 38.5 Å². The molecule has 1 aromatic rings. The Morgan fingerprint density at radius 1 is 1.19 bits per heavy atom. The fourth-order valence-corrected chi connectivity index (χ4v) is 8.67. The van der Waals surface area contributed by atoms with Crippen molar-refractivity contribution in [2.75, 3.05) is 6.61 Å². The first kappa shape index (κ1) is 25.8. The van der Waals surface area contributed by atoms with Gasteiger partial charge in [-0.3, -0.25) is 0 Å². The van der Waals surface area contributed by atoms with E-state index in [0.29, 0.717) is 18.8 Å². The minimum absolute atomic E-state index is 0.00888. The topological polar surface area (TPSA) is 44.8 Å². The largest absolute Gasteiger partial charge is 0.463 e. The molecule has 1 aliphatic rings. The summed E-state index contributed by atoms with van der Waals surface area (Å²) in [5, 5.41) is -0.0148. The summed E-state index contributed by atoms with van der Waals surface area (Å²) in [6, 6.07) is 10.2. The number of rotatable bonds is 7. The highest BCUT2D eigenvalue weighted by molar-refractivity contribution is 6.83. The molecule has 0 spiro atoms. The third-order valence-electron chi connectivity index (χ3n) is 7.92. The SMILES string of the molecule is CCOC(=O)/C(C)=C/[C@]1(C)O[C@H](C)[C@@](C)([Si](C)(C)C(C)(C)C)[C@@H]1OCc1ccccc1. The number of carbonyl (C=O) groups is 1. The average Bonchev–Trinajstić information content (AvgIpc) is 2.86. The van der Waals surface area contributed by atoms with Gasteiger partial charge in [-0.1, -0.05) is 71.1 Å². The molecule has 1 aromatic carbocycles. The Morgan fingerprint density at radius 3 is 2.29 bits per heavy atom. The molecule has 4 nitrogen and oxygen atoms in total. The van der Waals surface area contributed by atoms with E-state index >= 15 is 0 Å². The quantitative estimate of drug-likeness (QED) is 0.271. The number of hydrogen-bond acceptors (Lipinski definition) is 4.